The van der Waals surface area contributed by atoms with Gasteiger partial charge in [-0.2, -0.15) is 0 Å². The Morgan fingerprint density at radius 3 is 2.21 bits per heavy atom. The van der Waals surface area contributed by atoms with Crippen molar-refractivity contribution < 1.29 is 19.4 Å². The topological polar surface area (TPSA) is 81.8 Å². The molecule has 34 heavy (non-hydrogen) atoms. The number of carboxylic acids is 1. The maximum atomic E-state index is 10.9. The highest BCUT2D eigenvalue weighted by molar-refractivity contribution is 5.72. The lowest BCUT2D eigenvalue weighted by atomic mass is 9.83. The van der Waals surface area contributed by atoms with Gasteiger partial charge in [0.2, 0.25) is 0 Å². The highest BCUT2D eigenvalue weighted by atomic mass is 16.5. The van der Waals surface area contributed by atoms with E-state index in [1.165, 1.54) is 55.7 Å². The van der Waals surface area contributed by atoms with Gasteiger partial charge in [-0.15, -0.1) is 0 Å². The minimum absolute atomic E-state index is 0.518. The van der Waals surface area contributed by atoms with Crippen LogP contribution in [0.1, 0.15) is 61.6 Å². The Kier molecular flexibility index (Phi) is 9.53. The van der Waals surface area contributed by atoms with Crippen LogP contribution in [0.2, 0.25) is 0 Å². The van der Waals surface area contributed by atoms with Crippen LogP contribution in [0.25, 0.3) is 0 Å². The minimum atomic E-state index is -0.984. The molecule has 3 aromatic rings. The third-order valence-electron chi connectivity index (χ3n) is 6.00. The maximum absolute atomic E-state index is 10.9. The molecule has 0 bridgehead atoms. The molecule has 4 rings (SSSR count). The third kappa shape index (κ3) is 7.63. The zero-order chi connectivity index (χ0) is 24.3. The Bertz CT molecular complexity index is 1030. The smallest absolute Gasteiger partial charge is 0.344 e. The van der Waals surface area contributed by atoms with E-state index >= 15 is 0 Å². The third-order valence-corrected chi connectivity index (χ3v) is 6.00. The van der Waals surface area contributed by atoms with Gasteiger partial charge in [-0.25, -0.2) is 4.79 Å². The lowest BCUT2D eigenvalue weighted by Crippen LogP contribution is -2.22. The molecule has 0 radical (unpaired) electrons. The van der Waals surface area contributed by atoms with Gasteiger partial charge in [0.1, 0.15) is 17.2 Å². The van der Waals surface area contributed by atoms with Crippen molar-refractivity contribution in [2.45, 2.75) is 64.5 Å². The molecule has 1 saturated carbocycles. The van der Waals surface area contributed by atoms with E-state index in [0.717, 1.165) is 11.5 Å². The van der Waals surface area contributed by atoms with Gasteiger partial charge >= 0.3 is 5.97 Å². The molecular formula is C29H35NO4. The van der Waals surface area contributed by atoms with Gasteiger partial charge in [-0.3, -0.25) is 0 Å². The standard InChI is InChI=1S/C22H26O4.C7H9N/c1-15-8-13-20(17-6-4-3-5-7-17)21(14-15)26-19-11-9-18(10-12-19)25-16(2)22(23)24;8-6-7-4-2-1-3-5-7/h8-14,16-17H,3-7H2,1-2H3,(H,23,24);1-5H,6,8H2. The first-order valence-electron chi connectivity index (χ1n) is 12.0. The first-order chi connectivity index (χ1) is 16.5. The molecule has 1 unspecified atom stereocenters. The van der Waals surface area contributed by atoms with Crippen molar-refractivity contribution in [1.29, 1.82) is 0 Å². The molecular weight excluding hydrogens is 426 g/mol. The zero-order valence-corrected chi connectivity index (χ0v) is 20.1. The summed E-state index contributed by atoms with van der Waals surface area (Å²) >= 11 is 0. The molecule has 0 saturated heterocycles. The van der Waals surface area contributed by atoms with Crippen LogP contribution in [-0.4, -0.2) is 17.2 Å². The van der Waals surface area contributed by atoms with Gasteiger partial charge < -0.3 is 20.3 Å². The van der Waals surface area contributed by atoms with Crippen LogP contribution in [0.4, 0.5) is 0 Å². The van der Waals surface area contributed by atoms with Crippen LogP contribution in [0.3, 0.4) is 0 Å². The zero-order valence-electron chi connectivity index (χ0n) is 20.1. The van der Waals surface area contributed by atoms with Gasteiger partial charge in [-0.05, 0) is 79.6 Å². The Balaban J connectivity index is 0.000000343. The monoisotopic (exact) mass is 461 g/mol. The van der Waals surface area contributed by atoms with Crippen molar-refractivity contribution in [3.8, 4) is 17.2 Å². The number of benzene rings is 3. The van der Waals surface area contributed by atoms with Crippen LogP contribution >= 0.6 is 0 Å². The van der Waals surface area contributed by atoms with Crippen molar-refractivity contribution >= 4 is 5.97 Å². The Morgan fingerprint density at radius 2 is 1.62 bits per heavy atom. The van der Waals surface area contributed by atoms with E-state index in [1.807, 2.05) is 42.5 Å². The highest BCUT2D eigenvalue weighted by Crippen LogP contribution is 2.39. The summed E-state index contributed by atoms with van der Waals surface area (Å²) in [7, 11) is 0. The SMILES string of the molecule is Cc1ccc(C2CCCCC2)c(Oc2ccc(OC(C)C(=O)O)cc2)c1.NCc1ccccc1. The van der Waals surface area contributed by atoms with Crippen LogP contribution in [0, 0.1) is 6.92 Å². The van der Waals surface area contributed by atoms with Crippen LogP contribution in [0.15, 0.2) is 72.8 Å². The first kappa shape index (κ1) is 25.3. The maximum Gasteiger partial charge on any atom is 0.344 e. The normalized spacial score (nSPS) is 14.4. The second kappa shape index (κ2) is 12.8. The molecule has 5 heteroatoms. The van der Waals surface area contributed by atoms with E-state index < -0.39 is 12.1 Å². The number of carbonyl (C=O) groups is 1. The number of hydrogen-bond donors (Lipinski definition) is 2. The summed E-state index contributed by atoms with van der Waals surface area (Å²) in [6.45, 7) is 4.22. The number of aryl methyl sites for hydroxylation is 1. The number of hydrogen-bond acceptors (Lipinski definition) is 4. The average Bonchev–Trinajstić information content (AvgIpc) is 2.86. The fraction of sp³-hybridized carbons (Fsp3) is 0.345. The number of nitrogens with two attached hydrogens (primary N) is 1. The van der Waals surface area contributed by atoms with Crippen molar-refractivity contribution in [1.82, 2.24) is 0 Å². The largest absolute Gasteiger partial charge is 0.479 e. The van der Waals surface area contributed by atoms with Crippen LogP contribution < -0.4 is 15.2 Å². The highest BCUT2D eigenvalue weighted by Gasteiger charge is 2.20. The fourth-order valence-corrected chi connectivity index (χ4v) is 4.06. The minimum Gasteiger partial charge on any atom is -0.479 e. The van der Waals surface area contributed by atoms with Crippen molar-refractivity contribution in [3.63, 3.8) is 0 Å². The van der Waals surface area contributed by atoms with Gasteiger partial charge in [0, 0.05) is 6.54 Å². The van der Waals surface area contributed by atoms with Crippen LogP contribution in [-0.2, 0) is 11.3 Å². The van der Waals surface area contributed by atoms with E-state index in [9.17, 15) is 4.79 Å². The number of carboxylic acid groups (broad SMARTS) is 1. The molecule has 3 N–H and O–H groups in total. The quantitative estimate of drug-likeness (QED) is 0.403. The summed E-state index contributed by atoms with van der Waals surface area (Å²) in [5.74, 6) is 1.75. The Labute approximate surface area is 202 Å². The average molecular weight is 462 g/mol. The van der Waals surface area contributed by atoms with E-state index in [-0.39, 0.29) is 0 Å². The van der Waals surface area contributed by atoms with E-state index in [1.54, 1.807) is 12.1 Å². The molecule has 5 nitrogen and oxygen atoms in total. The van der Waals surface area contributed by atoms with Crippen molar-refractivity contribution in [2.75, 3.05) is 0 Å². The number of rotatable bonds is 7. The summed E-state index contributed by atoms with van der Waals surface area (Å²) in [6, 6.07) is 23.6. The van der Waals surface area contributed by atoms with E-state index in [0.29, 0.717) is 18.2 Å². The van der Waals surface area contributed by atoms with Crippen LogP contribution in [0.5, 0.6) is 17.2 Å². The predicted molar refractivity (Wildman–Crippen MR) is 136 cm³/mol. The summed E-state index contributed by atoms with van der Waals surface area (Å²) < 4.78 is 11.5. The molecule has 1 fully saturated rings. The molecule has 0 aliphatic heterocycles. The molecule has 0 spiro atoms. The molecule has 0 aromatic heterocycles. The molecule has 0 amide bonds. The molecule has 0 heterocycles. The van der Waals surface area contributed by atoms with E-state index in [2.05, 4.69) is 25.1 Å². The molecule has 3 aromatic carbocycles. The summed E-state index contributed by atoms with van der Waals surface area (Å²) in [6.07, 6.45) is 5.46. The Hall–Kier alpha value is -3.31. The Morgan fingerprint density at radius 1 is 0.971 bits per heavy atom. The second-order valence-corrected chi connectivity index (χ2v) is 8.74. The molecule has 1 atom stereocenters. The van der Waals surface area contributed by atoms with Gasteiger partial charge in [-0.1, -0.05) is 61.7 Å². The van der Waals surface area contributed by atoms with Gasteiger partial charge in [0.05, 0.1) is 0 Å². The van der Waals surface area contributed by atoms with Gasteiger partial charge in [0.25, 0.3) is 0 Å². The summed E-state index contributed by atoms with van der Waals surface area (Å²) in [5.41, 5.74) is 9.00. The summed E-state index contributed by atoms with van der Waals surface area (Å²) in [5, 5.41) is 8.92. The van der Waals surface area contributed by atoms with Gasteiger partial charge in [0.15, 0.2) is 6.10 Å². The molecule has 180 valence electrons. The number of ether oxygens (including phenoxy) is 2. The first-order valence-corrected chi connectivity index (χ1v) is 12.0. The second-order valence-electron chi connectivity index (χ2n) is 8.74. The fourth-order valence-electron chi connectivity index (χ4n) is 4.06. The summed E-state index contributed by atoms with van der Waals surface area (Å²) in [4.78, 5) is 10.9. The molecule has 1 aliphatic rings. The van der Waals surface area contributed by atoms with E-state index in [4.69, 9.17) is 20.3 Å². The lowest BCUT2D eigenvalue weighted by Gasteiger charge is -2.24. The van der Waals surface area contributed by atoms with Crippen molar-refractivity contribution in [2.24, 2.45) is 5.73 Å². The predicted octanol–water partition coefficient (Wildman–Crippen LogP) is 6.83. The van der Waals surface area contributed by atoms with Crippen molar-refractivity contribution in [3.05, 3.63) is 89.5 Å². The molecule has 1 aliphatic carbocycles. The lowest BCUT2D eigenvalue weighted by molar-refractivity contribution is -0.144. The number of aliphatic carboxylic acids is 1.